The highest BCUT2D eigenvalue weighted by Crippen LogP contribution is 2.40. The highest BCUT2D eigenvalue weighted by molar-refractivity contribution is 5.02. The minimum atomic E-state index is -0.234. The van der Waals surface area contributed by atoms with E-state index in [0.29, 0.717) is 6.61 Å². The summed E-state index contributed by atoms with van der Waals surface area (Å²) in [4.78, 5) is 0. The second kappa shape index (κ2) is 4.57. The molecule has 1 saturated carbocycles. The van der Waals surface area contributed by atoms with Gasteiger partial charge in [0.15, 0.2) is 0 Å². The topological polar surface area (TPSA) is 61.7 Å². The van der Waals surface area contributed by atoms with Gasteiger partial charge in [-0.2, -0.15) is 0 Å². The Balaban J connectivity index is 2.37. The average molecular weight is 203 g/mol. The van der Waals surface area contributed by atoms with Crippen molar-refractivity contribution in [1.29, 1.82) is 0 Å². The third kappa shape index (κ3) is 2.25. The number of hydrogen-bond acceptors (Lipinski definition) is 4. The molecule has 1 aliphatic rings. The molecule has 0 aliphatic heterocycles. The first kappa shape index (κ1) is 11.9. The highest BCUT2D eigenvalue weighted by Gasteiger charge is 2.47. The summed E-state index contributed by atoms with van der Waals surface area (Å²) in [6.45, 7) is 4.62. The maximum Gasteiger partial charge on any atom is 0.0638 e. The van der Waals surface area contributed by atoms with E-state index in [4.69, 9.17) is 9.84 Å². The van der Waals surface area contributed by atoms with Crippen molar-refractivity contribution in [3.05, 3.63) is 0 Å². The summed E-state index contributed by atoms with van der Waals surface area (Å²) >= 11 is 0. The van der Waals surface area contributed by atoms with E-state index in [-0.39, 0.29) is 30.2 Å². The molecule has 3 N–H and O–H groups in total. The van der Waals surface area contributed by atoms with Crippen molar-refractivity contribution in [2.75, 3.05) is 20.3 Å². The number of aliphatic hydroxyl groups is 2. The molecule has 14 heavy (non-hydrogen) atoms. The Kier molecular flexibility index (Phi) is 3.89. The van der Waals surface area contributed by atoms with E-state index in [1.807, 2.05) is 13.8 Å². The van der Waals surface area contributed by atoms with Gasteiger partial charge in [0.05, 0.1) is 25.4 Å². The van der Waals surface area contributed by atoms with Crippen LogP contribution in [0.3, 0.4) is 0 Å². The van der Waals surface area contributed by atoms with Crippen LogP contribution in [0.1, 0.15) is 20.3 Å². The molecule has 0 bridgehead atoms. The Bertz CT molecular complexity index is 184. The third-order valence-electron chi connectivity index (χ3n) is 3.24. The van der Waals surface area contributed by atoms with Crippen LogP contribution in [-0.2, 0) is 4.74 Å². The maximum atomic E-state index is 9.53. The van der Waals surface area contributed by atoms with Gasteiger partial charge in [0.2, 0.25) is 0 Å². The zero-order valence-electron chi connectivity index (χ0n) is 9.16. The average Bonchev–Trinajstić information content (AvgIpc) is 2.16. The van der Waals surface area contributed by atoms with E-state index in [1.54, 1.807) is 7.11 Å². The Morgan fingerprint density at radius 3 is 2.57 bits per heavy atom. The quantitative estimate of drug-likeness (QED) is 0.576. The molecule has 84 valence electrons. The van der Waals surface area contributed by atoms with E-state index in [1.165, 1.54) is 0 Å². The van der Waals surface area contributed by atoms with Crippen molar-refractivity contribution in [2.24, 2.45) is 5.41 Å². The van der Waals surface area contributed by atoms with Gasteiger partial charge in [-0.25, -0.2) is 0 Å². The fourth-order valence-corrected chi connectivity index (χ4v) is 1.82. The van der Waals surface area contributed by atoms with Crippen LogP contribution in [0.25, 0.3) is 0 Å². The molecular weight excluding hydrogens is 182 g/mol. The number of rotatable bonds is 5. The zero-order chi connectivity index (χ0) is 10.8. The lowest BCUT2D eigenvalue weighted by atomic mass is 9.64. The molecule has 1 rings (SSSR count). The van der Waals surface area contributed by atoms with Crippen molar-refractivity contribution in [2.45, 2.75) is 38.5 Å². The smallest absolute Gasteiger partial charge is 0.0638 e. The molecule has 0 aromatic carbocycles. The van der Waals surface area contributed by atoms with Gasteiger partial charge >= 0.3 is 0 Å². The van der Waals surface area contributed by atoms with E-state index < -0.39 is 0 Å². The largest absolute Gasteiger partial charge is 0.395 e. The Hall–Kier alpha value is -0.160. The molecular formula is C10H21NO3. The molecule has 0 saturated heterocycles. The molecule has 0 aromatic heterocycles. The van der Waals surface area contributed by atoms with Gasteiger partial charge in [-0.15, -0.1) is 0 Å². The van der Waals surface area contributed by atoms with E-state index >= 15 is 0 Å². The Morgan fingerprint density at radius 1 is 1.57 bits per heavy atom. The van der Waals surface area contributed by atoms with Gasteiger partial charge in [0.1, 0.15) is 0 Å². The molecule has 0 aromatic rings. The molecule has 0 amide bonds. The highest BCUT2D eigenvalue weighted by atomic mass is 16.5. The monoisotopic (exact) mass is 203 g/mol. The van der Waals surface area contributed by atoms with Crippen molar-refractivity contribution < 1.29 is 14.9 Å². The molecule has 4 nitrogen and oxygen atoms in total. The van der Waals surface area contributed by atoms with Crippen molar-refractivity contribution in [3.63, 3.8) is 0 Å². The summed E-state index contributed by atoms with van der Waals surface area (Å²) in [5.41, 5.74) is -0.0961. The standard InChI is InChI=1S/C10H21NO3/c1-10(2)8(4-9(10)13)11-7(5-12)6-14-3/h7-9,11-13H,4-6H2,1-3H3. The van der Waals surface area contributed by atoms with Gasteiger partial charge in [-0.3, -0.25) is 0 Å². The fraction of sp³-hybridized carbons (Fsp3) is 1.00. The predicted molar refractivity (Wildman–Crippen MR) is 54.1 cm³/mol. The minimum absolute atomic E-state index is 0.0308. The number of ether oxygens (including phenoxy) is 1. The van der Waals surface area contributed by atoms with Crippen LogP contribution in [0.5, 0.6) is 0 Å². The maximum absolute atomic E-state index is 9.53. The fourth-order valence-electron chi connectivity index (χ4n) is 1.82. The van der Waals surface area contributed by atoms with E-state index in [2.05, 4.69) is 5.32 Å². The summed E-state index contributed by atoms with van der Waals surface area (Å²) in [7, 11) is 1.62. The van der Waals surface area contributed by atoms with Crippen molar-refractivity contribution in [1.82, 2.24) is 5.32 Å². The van der Waals surface area contributed by atoms with Crippen LogP contribution in [0.2, 0.25) is 0 Å². The van der Waals surface area contributed by atoms with Gasteiger partial charge in [-0.05, 0) is 6.42 Å². The lowest BCUT2D eigenvalue weighted by molar-refractivity contribution is -0.0802. The second-order valence-electron chi connectivity index (χ2n) is 4.63. The molecule has 4 heteroatoms. The van der Waals surface area contributed by atoms with Gasteiger partial charge < -0.3 is 20.3 Å². The van der Waals surface area contributed by atoms with Crippen LogP contribution in [-0.4, -0.2) is 48.7 Å². The summed E-state index contributed by atoms with van der Waals surface area (Å²) in [6.07, 6.45) is 0.523. The first-order chi connectivity index (χ1) is 6.52. The van der Waals surface area contributed by atoms with Crippen molar-refractivity contribution in [3.8, 4) is 0 Å². The van der Waals surface area contributed by atoms with Gasteiger partial charge in [0, 0.05) is 18.6 Å². The normalized spacial score (nSPS) is 32.4. The second-order valence-corrected chi connectivity index (χ2v) is 4.63. The summed E-state index contributed by atoms with van der Waals surface area (Å²) in [5, 5.41) is 21.9. The summed E-state index contributed by atoms with van der Waals surface area (Å²) in [5.74, 6) is 0. The Labute approximate surface area is 85.3 Å². The molecule has 1 fully saturated rings. The molecule has 0 spiro atoms. The lowest BCUT2D eigenvalue weighted by Crippen LogP contribution is -2.63. The molecule has 1 aliphatic carbocycles. The zero-order valence-corrected chi connectivity index (χ0v) is 9.16. The van der Waals surface area contributed by atoms with E-state index in [9.17, 15) is 5.11 Å². The summed E-state index contributed by atoms with van der Waals surface area (Å²) < 4.78 is 4.97. The van der Waals surface area contributed by atoms with Gasteiger partial charge in [-0.1, -0.05) is 13.8 Å². The number of nitrogens with one attached hydrogen (secondary N) is 1. The molecule has 3 unspecified atom stereocenters. The Morgan fingerprint density at radius 2 is 2.21 bits per heavy atom. The number of hydrogen-bond donors (Lipinski definition) is 3. The predicted octanol–water partition coefficient (Wildman–Crippen LogP) is -0.257. The van der Waals surface area contributed by atoms with E-state index in [0.717, 1.165) is 6.42 Å². The number of aliphatic hydroxyl groups excluding tert-OH is 2. The lowest BCUT2D eigenvalue weighted by Gasteiger charge is -2.50. The number of methoxy groups -OCH3 is 1. The van der Waals surface area contributed by atoms with Crippen LogP contribution in [0.15, 0.2) is 0 Å². The van der Waals surface area contributed by atoms with Crippen LogP contribution < -0.4 is 5.32 Å². The van der Waals surface area contributed by atoms with Crippen LogP contribution >= 0.6 is 0 Å². The minimum Gasteiger partial charge on any atom is -0.395 e. The summed E-state index contributed by atoms with van der Waals surface area (Å²) in [6, 6.07) is 0.238. The van der Waals surface area contributed by atoms with Gasteiger partial charge in [0.25, 0.3) is 0 Å². The van der Waals surface area contributed by atoms with Crippen LogP contribution in [0.4, 0.5) is 0 Å². The molecule has 0 heterocycles. The molecule has 0 radical (unpaired) electrons. The van der Waals surface area contributed by atoms with Crippen molar-refractivity contribution >= 4 is 0 Å². The van der Waals surface area contributed by atoms with Crippen LogP contribution in [0, 0.1) is 5.41 Å². The third-order valence-corrected chi connectivity index (χ3v) is 3.24. The first-order valence-electron chi connectivity index (χ1n) is 5.06. The first-order valence-corrected chi connectivity index (χ1v) is 5.06. The molecule has 3 atom stereocenters. The SMILES string of the molecule is COCC(CO)NC1CC(O)C1(C)C.